The fourth-order valence-electron chi connectivity index (χ4n) is 2.27. The van der Waals surface area contributed by atoms with Crippen molar-refractivity contribution in [3.8, 4) is 0 Å². The van der Waals surface area contributed by atoms with E-state index < -0.39 is 35.4 Å². The maximum atomic E-state index is 13.7. The van der Waals surface area contributed by atoms with Crippen molar-refractivity contribution in [2.24, 2.45) is 11.5 Å². The van der Waals surface area contributed by atoms with Crippen molar-refractivity contribution in [3.63, 3.8) is 0 Å². The SMILES string of the molecule is NC(=O)C[C@](N)(c1cc(F)cc(C(F)(F)F)c1)c1ccc(Cl)cn1. The average molecular weight is 362 g/mol. The van der Waals surface area contributed by atoms with Crippen molar-refractivity contribution < 1.29 is 22.4 Å². The van der Waals surface area contributed by atoms with Gasteiger partial charge in [0.05, 0.1) is 28.2 Å². The van der Waals surface area contributed by atoms with Gasteiger partial charge in [-0.2, -0.15) is 13.2 Å². The van der Waals surface area contributed by atoms with Crippen LogP contribution in [0.2, 0.25) is 5.02 Å². The van der Waals surface area contributed by atoms with Crippen molar-refractivity contribution in [2.45, 2.75) is 18.1 Å². The van der Waals surface area contributed by atoms with E-state index in [1.165, 1.54) is 18.3 Å². The molecule has 128 valence electrons. The largest absolute Gasteiger partial charge is 0.416 e. The van der Waals surface area contributed by atoms with Gasteiger partial charge in [-0.05, 0) is 35.9 Å². The molecule has 2 aromatic rings. The third kappa shape index (κ3) is 3.82. The molecule has 24 heavy (non-hydrogen) atoms. The van der Waals surface area contributed by atoms with E-state index in [1.54, 1.807) is 0 Å². The summed E-state index contributed by atoms with van der Waals surface area (Å²) in [6.07, 6.45) is -4.14. The number of nitrogens with zero attached hydrogens (tertiary/aromatic N) is 1. The molecule has 9 heteroatoms. The summed E-state index contributed by atoms with van der Waals surface area (Å²) in [6.45, 7) is 0. The van der Waals surface area contributed by atoms with E-state index in [-0.39, 0.29) is 16.3 Å². The molecule has 0 aliphatic carbocycles. The minimum absolute atomic E-state index is 0.0319. The average Bonchev–Trinajstić information content (AvgIpc) is 2.45. The highest BCUT2D eigenvalue weighted by atomic mass is 35.5. The molecule has 0 saturated carbocycles. The van der Waals surface area contributed by atoms with Crippen LogP contribution in [0.1, 0.15) is 23.2 Å². The molecule has 0 radical (unpaired) electrons. The summed E-state index contributed by atoms with van der Waals surface area (Å²) >= 11 is 5.72. The lowest BCUT2D eigenvalue weighted by Gasteiger charge is -2.29. The Morgan fingerprint density at radius 1 is 1.17 bits per heavy atom. The van der Waals surface area contributed by atoms with Crippen LogP contribution in [0, 0.1) is 5.82 Å². The van der Waals surface area contributed by atoms with Crippen LogP contribution in [-0.4, -0.2) is 10.9 Å². The van der Waals surface area contributed by atoms with Gasteiger partial charge in [0.2, 0.25) is 5.91 Å². The Bertz CT molecular complexity index is 764. The molecular formula is C15H12ClF4N3O. The van der Waals surface area contributed by atoms with Crippen LogP contribution >= 0.6 is 11.6 Å². The van der Waals surface area contributed by atoms with Gasteiger partial charge in [0, 0.05) is 6.20 Å². The topological polar surface area (TPSA) is 82.0 Å². The first-order valence-corrected chi connectivity index (χ1v) is 6.97. The van der Waals surface area contributed by atoms with Crippen LogP contribution in [0.3, 0.4) is 0 Å². The molecule has 2 rings (SSSR count). The maximum absolute atomic E-state index is 13.7. The zero-order valence-electron chi connectivity index (χ0n) is 12.1. The number of primary amides is 1. The number of carbonyl (C=O) groups is 1. The Morgan fingerprint density at radius 3 is 2.29 bits per heavy atom. The highest BCUT2D eigenvalue weighted by Crippen LogP contribution is 2.35. The number of hydrogen-bond acceptors (Lipinski definition) is 3. The predicted octanol–water partition coefficient (Wildman–Crippen LogP) is 2.97. The Labute approximate surface area is 139 Å². The van der Waals surface area contributed by atoms with Crippen molar-refractivity contribution in [1.29, 1.82) is 0 Å². The second-order valence-electron chi connectivity index (χ2n) is 5.20. The fourth-order valence-corrected chi connectivity index (χ4v) is 2.38. The first-order chi connectivity index (χ1) is 11.0. The van der Waals surface area contributed by atoms with Crippen LogP contribution < -0.4 is 11.5 Å². The number of benzene rings is 1. The Kier molecular flexibility index (Phi) is 4.82. The third-order valence-electron chi connectivity index (χ3n) is 3.38. The summed E-state index contributed by atoms with van der Waals surface area (Å²) < 4.78 is 52.5. The number of aromatic nitrogens is 1. The van der Waals surface area contributed by atoms with Gasteiger partial charge in [-0.1, -0.05) is 11.6 Å². The van der Waals surface area contributed by atoms with Gasteiger partial charge in [-0.25, -0.2) is 4.39 Å². The number of alkyl halides is 3. The number of nitrogens with two attached hydrogens (primary N) is 2. The predicted molar refractivity (Wildman–Crippen MR) is 79.4 cm³/mol. The van der Waals surface area contributed by atoms with E-state index >= 15 is 0 Å². The molecular weight excluding hydrogens is 350 g/mol. The normalized spacial score (nSPS) is 14.2. The van der Waals surface area contributed by atoms with E-state index in [1.807, 2.05) is 0 Å². The molecule has 0 aliphatic heterocycles. The Morgan fingerprint density at radius 2 is 1.79 bits per heavy atom. The number of rotatable bonds is 4. The Hall–Kier alpha value is -2.19. The first kappa shape index (κ1) is 18.2. The lowest BCUT2D eigenvalue weighted by atomic mass is 9.83. The van der Waals surface area contributed by atoms with Crippen LogP contribution in [0.25, 0.3) is 0 Å². The molecule has 1 aromatic heterocycles. The van der Waals surface area contributed by atoms with Crippen LogP contribution in [0.15, 0.2) is 36.5 Å². The minimum Gasteiger partial charge on any atom is -0.370 e. The molecule has 1 heterocycles. The van der Waals surface area contributed by atoms with Crippen molar-refractivity contribution >= 4 is 17.5 Å². The summed E-state index contributed by atoms with van der Waals surface area (Å²) in [7, 11) is 0. The van der Waals surface area contributed by atoms with Gasteiger partial charge >= 0.3 is 6.18 Å². The van der Waals surface area contributed by atoms with Crippen LogP contribution in [0.4, 0.5) is 17.6 Å². The monoisotopic (exact) mass is 361 g/mol. The summed E-state index contributed by atoms with van der Waals surface area (Å²) in [5, 5.41) is 0.260. The number of pyridine rings is 1. The molecule has 0 fully saturated rings. The maximum Gasteiger partial charge on any atom is 0.416 e. The standard InChI is InChI=1S/C15H12ClF4N3O/c16-10-1-2-12(23-7-10)14(22,6-13(21)24)8-3-9(15(18,19)20)5-11(17)4-8/h1-5,7H,6,22H2,(H2,21,24)/t14-/m0/s1. The molecule has 4 nitrogen and oxygen atoms in total. The number of hydrogen-bond donors (Lipinski definition) is 2. The molecule has 0 bridgehead atoms. The highest BCUT2D eigenvalue weighted by Gasteiger charge is 2.37. The van der Waals surface area contributed by atoms with Gasteiger partial charge in [0.25, 0.3) is 0 Å². The zero-order valence-corrected chi connectivity index (χ0v) is 12.8. The second kappa shape index (κ2) is 6.37. The van der Waals surface area contributed by atoms with Crippen LogP contribution in [0.5, 0.6) is 0 Å². The minimum atomic E-state index is -4.78. The van der Waals surface area contributed by atoms with Gasteiger partial charge in [-0.15, -0.1) is 0 Å². The number of amides is 1. The molecule has 0 aliphatic rings. The summed E-state index contributed by atoms with van der Waals surface area (Å²) in [6, 6.07) is 4.56. The fraction of sp³-hybridized carbons (Fsp3) is 0.200. The summed E-state index contributed by atoms with van der Waals surface area (Å²) in [4.78, 5) is 15.3. The molecule has 4 N–H and O–H groups in total. The molecule has 0 saturated heterocycles. The van der Waals surface area contributed by atoms with E-state index in [0.29, 0.717) is 12.1 Å². The van der Waals surface area contributed by atoms with E-state index in [9.17, 15) is 22.4 Å². The third-order valence-corrected chi connectivity index (χ3v) is 3.60. The Balaban J connectivity index is 2.66. The van der Waals surface area contributed by atoms with E-state index in [4.69, 9.17) is 23.1 Å². The lowest BCUT2D eigenvalue weighted by Crippen LogP contribution is -2.42. The van der Waals surface area contributed by atoms with Crippen molar-refractivity contribution in [3.05, 3.63) is 64.2 Å². The van der Waals surface area contributed by atoms with Gasteiger partial charge < -0.3 is 11.5 Å². The zero-order chi connectivity index (χ0) is 18.1. The van der Waals surface area contributed by atoms with Crippen molar-refractivity contribution in [2.75, 3.05) is 0 Å². The molecule has 0 spiro atoms. The molecule has 1 aromatic carbocycles. The lowest BCUT2D eigenvalue weighted by molar-refractivity contribution is -0.137. The van der Waals surface area contributed by atoms with Crippen molar-refractivity contribution in [1.82, 2.24) is 4.98 Å². The first-order valence-electron chi connectivity index (χ1n) is 6.60. The molecule has 1 atom stereocenters. The van der Waals surface area contributed by atoms with Crippen LogP contribution in [-0.2, 0) is 16.5 Å². The number of carbonyl (C=O) groups excluding carboxylic acids is 1. The summed E-state index contributed by atoms with van der Waals surface area (Å²) in [5.74, 6) is -2.03. The van der Waals surface area contributed by atoms with E-state index in [2.05, 4.69) is 4.98 Å². The molecule has 0 unspecified atom stereocenters. The second-order valence-corrected chi connectivity index (χ2v) is 5.64. The number of halogens is 5. The smallest absolute Gasteiger partial charge is 0.370 e. The molecule has 1 amide bonds. The van der Waals surface area contributed by atoms with Gasteiger partial charge in [0.1, 0.15) is 5.82 Å². The quantitative estimate of drug-likeness (QED) is 0.821. The highest BCUT2D eigenvalue weighted by molar-refractivity contribution is 6.30. The summed E-state index contributed by atoms with van der Waals surface area (Å²) in [5.41, 5.74) is 7.98. The van der Waals surface area contributed by atoms with E-state index in [0.717, 1.165) is 6.07 Å². The van der Waals surface area contributed by atoms with Gasteiger partial charge in [0.15, 0.2) is 0 Å². The van der Waals surface area contributed by atoms with Gasteiger partial charge in [-0.3, -0.25) is 9.78 Å².